The minimum absolute atomic E-state index is 0.214. The lowest BCUT2D eigenvalue weighted by Crippen LogP contribution is -1.93. The largest absolute Gasteiger partial charge is 0.495 e. The van der Waals surface area contributed by atoms with E-state index in [1.807, 2.05) is 0 Å². The Morgan fingerprint density at radius 1 is 1.57 bits per heavy atom. The van der Waals surface area contributed by atoms with E-state index in [9.17, 15) is 4.39 Å². The number of fused-ring (bicyclic) bond motifs is 1. The van der Waals surface area contributed by atoms with Gasteiger partial charge in [0.2, 0.25) is 0 Å². The highest BCUT2D eigenvalue weighted by molar-refractivity contribution is 7.17. The molecule has 0 aliphatic heterocycles. The number of hydrogen-bond acceptors (Lipinski definition) is 3. The lowest BCUT2D eigenvalue weighted by molar-refractivity contribution is 0.274. The quantitative estimate of drug-likeness (QED) is 0.829. The van der Waals surface area contributed by atoms with Gasteiger partial charge in [-0.3, -0.25) is 0 Å². The van der Waals surface area contributed by atoms with Crippen molar-refractivity contribution >= 4 is 21.4 Å². The van der Waals surface area contributed by atoms with Gasteiger partial charge in [0.1, 0.15) is 11.6 Å². The molecule has 1 heterocycles. The molecule has 1 aromatic heterocycles. The summed E-state index contributed by atoms with van der Waals surface area (Å²) in [5, 5.41) is 11.4. The summed E-state index contributed by atoms with van der Waals surface area (Å²) in [6, 6.07) is 3.02. The molecule has 2 aromatic rings. The Labute approximate surface area is 84.6 Å². The predicted molar refractivity (Wildman–Crippen MR) is 54.3 cm³/mol. The molecule has 14 heavy (non-hydrogen) atoms. The van der Waals surface area contributed by atoms with Crippen molar-refractivity contribution in [1.29, 1.82) is 0 Å². The van der Waals surface area contributed by atoms with E-state index in [0.29, 0.717) is 16.7 Å². The van der Waals surface area contributed by atoms with E-state index in [1.54, 1.807) is 11.4 Å². The van der Waals surface area contributed by atoms with E-state index < -0.39 is 0 Å². The number of aliphatic hydroxyl groups is 1. The van der Waals surface area contributed by atoms with Crippen molar-refractivity contribution in [3.8, 4) is 5.75 Å². The van der Waals surface area contributed by atoms with E-state index in [-0.39, 0.29) is 12.4 Å². The average Bonchev–Trinajstić information content (AvgIpc) is 2.66. The van der Waals surface area contributed by atoms with Crippen LogP contribution in [0, 0.1) is 5.82 Å². The minimum atomic E-state index is -0.314. The molecule has 74 valence electrons. The number of rotatable bonds is 2. The van der Waals surface area contributed by atoms with Gasteiger partial charge in [-0.1, -0.05) is 0 Å². The Morgan fingerprint density at radius 3 is 3.00 bits per heavy atom. The first-order valence-corrected chi connectivity index (χ1v) is 4.99. The molecular formula is C10H9FO2S. The third kappa shape index (κ3) is 1.27. The van der Waals surface area contributed by atoms with Crippen LogP contribution >= 0.6 is 11.3 Å². The van der Waals surface area contributed by atoms with Gasteiger partial charge in [-0.15, -0.1) is 11.3 Å². The predicted octanol–water partition coefficient (Wildman–Crippen LogP) is 2.54. The first-order chi connectivity index (χ1) is 6.77. The van der Waals surface area contributed by atoms with Gasteiger partial charge in [0.15, 0.2) is 0 Å². The number of benzene rings is 1. The minimum Gasteiger partial charge on any atom is -0.495 e. The third-order valence-corrected chi connectivity index (χ3v) is 3.01. The molecule has 0 bridgehead atoms. The molecule has 0 saturated carbocycles. The lowest BCUT2D eigenvalue weighted by Gasteiger charge is -2.07. The number of halogens is 1. The molecule has 0 radical (unpaired) electrons. The number of aliphatic hydroxyl groups excluding tert-OH is 1. The fourth-order valence-electron chi connectivity index (χ4n) is 1.46. The van der Waals surface area contributed by atoms with E-state index >= 15 is 0 Å². The summed E-state index contributed by atoms with van der Waals surface area (Å²) >= 11 is 1.41. The van der Waals surface area contributed by atoms with Crippen LogP contribution in [0.15, 0.2) is 17.5 Å². The SMILES string of the molecule is COc1c(CO)cc(F)c2ccsc12. The number of ether oxygens (including phenoxy) is 1. The summed E-state index contributed by atoms with van der Waals surface area (Å²) < 4.78 is 19.3. The Morgan fingerprint density at radius 2 is 2.36 bits per heavy atom. The number of methoxy groups -OCH3 is 1. The van der Waals surface area contributed by atoms with Crippen molar-refractivity contribution in [3.63, 3.8) is 0 Å². The molecule has 0 unspecified atom stereocenters. The molecule has 0 aliphatic rings. The van der Waals surface area contributed by atoms with Crippen LogP contribution in [0.2, 0.25) is 0 Å². The summed E-state index contributed by atoms with van der Waals surface area (Å²) in [7, 11) is 1.52. The monoisotopic (exact) mass is 212 g/mol. The molecule has 0 amide bonds. The summed E-state index contributed by atoms with van der Waals surface area (Å²) in [5.41, 5.74) is 0.486. The highest BCUT2D eigenvalue weighted by atomic mass is 32.1. The molecule has 2 nitrogen and oxygen atoms in total. The van der Waals surface area contributed by atoms with E-state index in [2.05, 4.69) is 0 Å². The Balaban J connectivity index is 2.82. The second-order valence-corrected chi connectivity index (χ2v) is 3.79. The van der Waals surface area contributed by atoms with Crippen LogP contribution in [0.4, 0.5) is 4.39 Å². The van der Waals surface area contributed by atoms with Crippen molar-refractivity contribution in [3.05, 3.63) is 28.9 Å². The van der Waals surface area contributed by atoms with Crippen LogP contribution < -0.4 is 4.74 Å². The van der Waals surface area contributed by atoms with Gasteiger partial charge < -0.3 is 9.84 Å². The number of hydrogen-bond donors (Lipinski definition) is 1. The van der Waals surface area contributed by atoms with E-state index in [0.717, 1.165) is 4.70 Å². The van der Waals surface area contributed by atoms with Gasteiger partial charge in [-0.2, -0.15) is 0 Å². The molecule has 0 aliphatic carbocycles. The maximum atomic E-state index is 13.4. The van der Waals surface area contributed by atoms with Crippen molar-refractivity contribution in [2.45, 2.75) is 6.61 Å². The highest BCUT2D eigenvalue weighted by Crippen LogP contribution is 2.35. The van der Waals surface area contributed by atoms with Crippen LogP contribution in [0.5, 0.6) is 5.75 Å². The van der Waals surface area contributed by atoms with Crippen LogP contribution in [0.25, 0.3) is 10.1 Å². The molecule has 4 heteroatoms. The molecule has 0 fully saturated rings. The Kier molecular flexibility index (Phi) is 2.39. The van der Waals surface area contributed by atoms with E-state index in [4.69, 9.17) is 9.84 Å². The molecule has 0 atom stereocenters. The van der Waals surface area contributed by atoms with Gasteiger partial charge in [-0.25, -0.2) is 4.39 Å². The van der Waals surface area contributed by atoms with Gasteiger partial charge in [0.25, 0.3) is 0 Å². The van der Waals surface area contributed by atoms with Gasteiger partial charge in [-0.05, 0) is 17.5 Å². The second kappa shape index (κ2) is 3.55. The maximum Gasteiger partial charge on any atom is 0.142 e. The van der Waals surface area contributed by atoms with Gasteiger partial charge in [0.05, 0.1) is 18.4 Å². The van der Waals surface area contributed by atoms with Crippen molar-refractivity contribution in [2.75, 3.05) is 7.11 Å². The Hall–Kier alpha value is -1.13. The van der Waals surface area contributed by atoms with Crippen LogP contribution in [-0.2, 0) is 6.61 Å². The number of thiophene rings is 1. The summed E-state index contributed by atoms with van der Waals surface area (Å²) in [5.74, 6) is 0.255. The Bertz CT molecular complexity index is 464. The van der Waals surface area contributed by atoms with Crippen molar-refractivity contribution in [2.24, 2.45) is 0 Å². The highest BCUT2D eigenvalue weighted by Gasteiger charge is 2.12. The molecule has 1 N–H and O–H groups in total. The zero-order chi connectivity index (χ0) is 10.1. The summed E-state index contributed by atoms with van der Waals surface area (Å²) in [6.45, 7) is -0.214. The molecule has 2 rings (SSSR count). The lowest BCUT2D eigenvalue weighted by atomic mass is 10.1. The van der Waals surface area contributed by atoms with Crippen molar-refractivity contribution < 1.29 is 14.2 Å². The smallest absolute Gasteiger partial charge is 0.142 e. The zero-order valence-corrected chi connectivity index (χ0v) is 8.40. The van der Waals surface area contributed by atoms with Gasteiger partial charge in [0, 0.05) is 10.9 Å². The average molecular weight is 212 g/mol. The molecular weight excluding hydrogens is 203 g/mol. The zero-order valence-electron chi connectivity index (χ0n) is 7.58. The summed E-state index contributed by atoms with van der Waals surface area (Å²) in [4.78, 5) is 0. The molecule has 0 spiro atoms. The molecule has 1 aromatic carbocycles. The maximum absolute atomic E-state index is 13.4. The first kappa shape index (κ1) is 9.43. The second-order valence-electron chi connectivity index (χ2n) is 2.87. The van der Waals surface area contributed by atoms with Crippen LogP contribution in [0.1, 0.15) is 5.56 Å². The fraction of sp³-hybridized carbons (Fsp3) is 0.200. The normalized spacial score (nSPS) is 10.8. The first-order valence-electron chi connectivity index (χ1n) is 4.11. The van der Waals surface area contributed by atoms with Crippen molar-refractivity contribution in [1.82, 2.24) is 0 Å². The van der Waals surface area contributed by atoms with Crippen LogP contribution in [0.3, 0.4) is 0 Å². The van der Waals surface area contributed by atoms with Crippen LogP contribution in [-0.4, -0.2) is 12.2 Å². The standard InChI is InChI=1S/C10H9FO2S/c1-13-9-6(5-12)4-8(11)7-2-3-14-10(7)9/h2-4,12H,5H2,1H3. The third-order valence-electron chi connectivity index (χ3n) is 2.10. The van der Waals surface area contributed by atoms with E-state index in [1.165, 1.54) is 24.5 Å². The fourth-order valence-corrected chi connectivity index (χ4v) is 2.41. The summed E-state index contributed by atoms with van der Waals surface area (Å²) in [6.07, 6.45) is 0. The topological polar surface area (TPSA) is 29.5 Å². The molecule has 0 saturated heterocycles. The van der Waals surface area contributed by atoms with Gasteiger partial charge >= 0.3 is 0 Å².